The highest BCUT2D eigenvalue weighted by Crippen LogP contribution is 2.29. The van der Waals surface area contributed by atoms with E-state index < -0.39 is 0 Å². The van der Waals surface area contributed by atoms with Crippen LogP contribution in [0, 0.1) is 5.41 Å². The highest BCUT2D eigenvalue weighted by Gasteiger charge is 2.20. The van der Waals surface area contributed by atoms with Crippen molar-refractivity contribution in [3.8, 4) is 0 Å². The highest BCUT2D eigenvalue weighted by atomic mass is 15.1. The Bertz CT molecular complexity index is 291. The van der Waals surface area contributed by atoms with Crippen LogP contribution in [0.1, 0.15) is 60.8 Å². The minimum Gasteiger partial charge on any atom is -0.312 e. The van der Waals surface area contributed by atoms with E-state index in [1.54, 1.807) is 5.57 Å². The van der Waals surface area contributed by atoms with Gasteiger partial charge in [0, 0.05) is 18.6 Å². The van der Waals surface area contributed by atoms with Crippen molar-refractivity contribution < 1.29 is 0 Å². The van der Waals surface area contributed by atoms with Crippen LogP contribution in [0.5, 0.6) is 0 Å². The first-order valence-electron chi connectivity index (χ1n) is 7.85. The molecule has 0 atom stereocenters. The molecule has 0 amide bonds. The van der Waals surface area contributed by atoms with Gasteiger partial charge in [-0.3, -0.25) is 4.90 Å². The first kappa shape index (κ1) is 16.7. The van der Waals surface area contributed by atoms with E-state index in [0.29, 0.717) is 5.41 Å². The van der Waals surface area contributed by atoms with Crippen LogP contribution in [0.25, 0.3) is 0 Å². The maximum atomic E-state index is 3.56. The molecule has 0 fully saturated rings. The molecule has 0 aromatic rings. The van der Waals surface area contributed by atoms with Gasteiger partial charge in [0.1, 0.15) is 0 Å². The molecule has 0 radical (unpaired) electrons. The van der Waals surface area contributed by atoms with Gasteiger partial charge < -0.3 is 5.32 Å². The van der Waals surface area contributed by atoms with E-state index in [0.717, 1.165) is 13.1 Å². The Labute approximate surface area is 120 Å². The van der Waals surface area contributed by atoms with Crippen molar-refractivity contribution in [1.29, 1.82) is 0 Å². The zero-order valence-corrected chi connectivity index (χ0v) is 14.0. The molecule has 0 saturated carbocycles. The van der Waals surface area contributed by atoms with Gasteiger partial charge in [-0.05, 0) is 58.5 Å². The molecule has 0 aliphatic carbocycles. The number of hydrogen-bond donors (Lipinski definition) is 1. The second-order valence-corrected chi connectivity index (χ2v) is 7.91. The molecule has 1 N–H and O–H groups in total. The zero-order chi connectivity index (χ0) is 14.5. The molecule has 0 saturated heterocycles. The fraction of sp³-hybridized carbons (Fsp3) is 0.882. The number of nitrogens with zero attached hydrogens (tertiary/aromatic N) is 1. The van der Waals surface area contributed by atoms with Crippen LogP contribution in [-0.2, 0) is 0 Å². The molecule has 1 heterocycles. The summed E-state index contributed by atoms with van der Waals surface area (Å²) >= 11 is 0. The Morgan fingerprint density at radius 1 is 1.11 bits per heavy atom. The van der Waals surface area contributed by atoms with Crippen molar-refractivity contribution in [3.63, 3.8) is 0 Å². The van der Waals surface area contributed by atoms with Crippen molar-refractivity contribution in [1.82, 2.24) is 10.2 Å². The van der Waals surface area contributed by atoms with Crippen LogP contribution in [0.3, 0.4) is 0 Å². The van der Waals surface area contributed by atoms with E-state index in [4.69, 9.17) is 0 Å². The molecule has 19 heavy (non-hydrogen) atoms. The van der Waals surface area contributed by atoms with Crippen molar-refractivity contribution in [2.75, 3.05) is 26.2 Å². The van der Waals surface area contributed by atoms with Gasteiger partial charge in [-0.25, -0.2) is 0 Å². The van der Waals surface area contributed by atoms with Crippen LogP contribution in [0.2, 0.25) is 0 Å². The van der Waals surface area contributed by atoms with Crippen LogP contribution >= 0.6 is 0 Å². The van der Waals surface area contributed by atoms with E-state index in [1.807, 2.05) is 0 Å². The third kappa shape index (κ3) is 7.12. The summed E-state index contributed by atoms with van der Waals surface area (Å²) in [5.41, 5.74) is 2.26. The predicted octanol–water partition coefficient (Wildman–Crippen LogP) is 3.83. The van der Waals surface area contributed by atoms with Crippen molar-refractivity contribution in [2.45, 2.75) is 66.3 Å². The Hall–Kier alpha value is -0.340. The summed E-state index contributed by atoms with van der Waals surface area (Å²) in [6, 6.07) is 0. The molecule has 2 heteroatoms. The number of unbranched alkanes of at least 4 members (excludes halogenated alkanes) is 1. The van der Waals surface area contributed by atoms with Gasteiger partial charge in [0.05, 0.1) is 0 Å². The quantitative estimate of drug-likeness (QED) is 0.601. The highest BCUT2D eigenvalue weighted by molar-refractivity contribution is 5.14. The van der Waals surface area contributed by atoms with Crippen LogP contribution in [0.15, 0.2) is 11.6 Å². The van der Waals surface area contributed by atoms with E-state index in [-0.39, 0.29) is 5.54 Å². The van der Waals surface area contributed by atoms with Crippen molar-refractivity contribution in [3.05, 3.63) is 11.6 Å². The molecule has 0 unspecified atom stereocenters. The summed E-state index contributed by atoms with van der Waals surface area (Å²) in [6.07, 6.45) is 6.30. The van der Waals surface area contributed by atoms with Crippen molar-refractivity contribution in [2.24, 2.45) is 5.41 Å². The van der Waals surface area contributed by atoms with Gasteiger partial charge in [-0.1, -0.05) is 32.4 Å². The van der Waals surface area contributed by atoms with E-state index in [1.165, 1.54) is 32.4 Å². The Balaban J connectivity index is 2.15. The van der Waals surface area contributed by atoms with E-state index in [2.05, 4.69) is 57.8 Å². The summed E-state index contributed by atoms with van der Waals surface area (Å²) in [4.78, 5) is 2.59. The van der Waals surface area contributed by atoms with Gasteiger partial charge in [0.15, 0.2) is 0 Å². The van der Waals surface area contributed by atoms with Crippen LogP contribution < -0.4 is 5.32 Å². The van der Waals surface area contributed by atoms with Gasteiger partial charge in [0.2, 0.25) is 0 Å². The fourth-order valence-corrected chi connectivity index (χ4v) is 2.52. The Morgan fingerprint density at radius 3 is 2.26 bits per heavy atom. The molecule has 0 bridgehead atoms. The molecule has 0 spiro atoms. The molecule has 0 aromatic heterocycles. The van der Waals surface area contributed by atoms with Crippen LogP contribution in [-0.4, -0.2) is 36.6 Å². The van der Waals surface area contributed by atoms with Gasteiger partial charge in [-0.2, -0.15) is 0 Å². The van der Waals surface area contributed by atoms with Gasteiger partial charge in [-0.15, -0.1) is 0 Å². The lowest BCUT2D eigenvalue weighted by Crippen LogP contribution is -2.37. The summed E-state index contributed by atoms with van der Waals surface area (Å²) in [5.74, 6) is 0. The standard InChI is InChI=1S/C17H34N2/c1-16(2,3)15-9-13-19(14-10-15)12-8-7-11-18-17(4,5)6/h9,18H,7-8,10-14H2,1-6H3. The number of hydrogen-bond acceptors (Lipinski definition) is 2. The summed E-state index contributed by atoms with van der Waals surface area (Å²) in [6.45, 7) is 18.5. The molecule has 112 valence electrons. The lowest BCUT2D eigenvalue weighted by atomic mass is 9.83. The van der Waals surface area contributed by atoms with Crippen molar-refractivity contribution >= 4 is 0 Å². The summed E-state index contributed by atoms with van der Waals surface area (Å²) in [7, 11) is 0. The fourth-order valence-electron chi connectivity index (χ4n) is 2.52. The second kappa shape index (κ2) is 6.90. The van der Waals surface area contributed by atoms with Gasteiger partial charge in [0.25, 0.3) is 0 Å². The predicted molar refractivity (Wildman–Crippen MR) is 85.6 cm³/mol. The average molecular weight is 266 g/mol. The Kier molecular flexibility index (Phi) is 6.07. The van der Waals surface area contributed by atoms with E-state index >= 15 is 0 Å². The largest absolute Gasteiger partial charge is 0.312 e. The first-order chi connectivity index (χ1) is 8.68. The lowest BCUT2D eigenvalue weighted by Gasteiger charge is -2.32. The summed E-state index contributed by atoms with van der Waals surface area (Å²) < 4.78 is 0. The minimum absolute atomic E-state index is 0.259. The maximum Gasteiger partial charge on any atom is 0.0166 e. The minimum atomic E-state index is 0.259. The average Bonchev–Trinajstić information content (AvgIpc) is 2.26. The molecule has 1 rings (SSSR count). The van der Waals surface area contributed by atoms with Gasteiger partial charge >= 0.3 is 0 Å². The first-order valence-corrected chi connectivity index (χ1v) is 7.85. The monoisotopic (exact) mass is 266 g/mol. The lowest BCUT2D eigenvalue weighted by molar-refractivity contribution is 0.271. The molecular weight excluding hydrogens is 232 g/mol. The molecule has 0 aromatic carbocycles. The van der Waals surface area contributed by atoms with Crippen LogP contribution in [0.4, 0.5) is 0 Å². The number of nitrogens with one attached hydrogen (secondary N) is 1. The number of rotatable bonds is 5. The SMILES string of the molecule is CC(C)(C)NCCCCN1CC=C(C(C)(C)C)CC1. The zero-order valence-electron chi connectivity index (χ0n) is 14.0. The Morgan fingerprint density at radius 2 is 1.79 bits per heavy atom. The van der Waals surface area contributed by atoms with E-state index in [9.17, 15) is 0 Å². The smallest absolute Gasteiger partial charge is 0.0166 e. The molecule has 2 nitrogen and oxygen atoms in total. The molecular formula is C17H34N2. The third-order valence-electron chi connectivity index (χ3n) is 3.81. The summed E-state index contributed by atoms with van der Waals surface area (Å²) in [5, 5.41) is 3.56. The second-order valence-electron chi connectivity index (χ2n) is 7.91. The normalized spacial score (nSPS) is 18.5. The maximum absolute atomic E-state index is 3.56. The molecule has 1 aliphatic heterocycles. The topological polar surface area (TPSA) is 15.3 Å². The molecule has 1 aliphatic rings. The third-order valence-corrected chi connectivity index (χ3v) is 3.81.